The number of hydrogen-bond donors (Lipinski definition) is 1. The highest BCUT2D eigenvalue weighted by molar-refractivity contribution is 7.99. The van der Waals surface area contributed by atoms with E-state index in [1.807, 2.05) is 0 Å². The Bertz CT molecular complexity index is 187. The van der Waals surface area contributed by atoms with Crippen molar-refractivity contribution in [2.24, 2.45) is 0 Å². The van der Waals surface area contributed by atoms with Crippen LogP contribution in [0.2, 0.25) is 0 Å². The summed E-state index contributed by atoms with van der Waals surface area (Å²) >= 11 is 2.12. The van der Waals surface area contributed by atoms with Crippen LogP contribution in [-0.4, -0.2) is 49.1 Å². The molecule has 1 aliphatic rings. The zero-order valence-corrected chi connectivity index (χ0v) is 12.7. The summed E-state index contributed by atoms with van der Waals surface area (Å²) in [6.07, 6.45) is 8.31. The van der Waals surface area contributed by atoms with Gasteiger partial charge in [0, 0.05) is 30.1 Å². The Morgan fingerprint density at radius 3 is 2.71 bits per heavy atom. The van der Waals surface area contributed by atoms with Crippen LogP contribution in [0.3, 0.4) is 0 Å². The molecule has 0 aromatic rings. The molecule has 0 aromatic heterocycles. The van der Waals surface area contributed by atoms with Crippen molar-refractivity contribution in [1.82, 2.24) is 10.2 Å². The van der Waals surface area contributed by atoms with Gasteiger partial charge in [-0.05, 0) is 20.5 Å². The highest BCUT2D eigenvalue weighted by atomic mass is 32.2. The molecule has 0 amide bonds. The minimum Gasteiger partial charge on any atom is -0.315 e. The van der Waals surface area contributed by atoms with E-state index in [-0.39, 0.29) is 0 Å². The van der Waals surface area contributed by atoms with E-state index < -0.39 is 0 Å². The Balaban J connectivity index is 2.21. The van der Waals surface area contributed by atoms with Crippen LogP contribution in [-0.2, 0) is 0 Å². The summed E-state index contributed by atoms with van der Waals surface area (Å²) in [5.41, 5.74) is 0. The normalized spacial score (nSPS) is 23.8. The Morgan fingerprint density at radius 2 is 2.06 bits per heavy atom. The van der Waals surface area contributed by atoms with Gasteiger partial charge in [0.2, 0.25) is 0 Å². The molecule has 0 radical (unpaired) electrons. The molecule has 102 valence electrons. The maximum atomic E-state index is 3.54. The molecule has 1 aliphatic heterocycles. The predicted octanol–water partition coefficient (Wildman–Crippen LogP) is 2.98. The van der Waals surface area contributed by atoms with Gasteiger partial charge in [-0.2, -0.15) is 11.8 Å². The minimum absolute atomic E-state index is 0.689. The van der Waals surface area contributed by atoms with Gasteiger partial charge >= 0.3 is 0 Å². The summed E-state index contributed by atoms with van der Waals surface area (Å²) in [6.45, 7) is 3.54. The van der Waals surface area contributed by atoms with Gasteiger partial charge in [-0.3, -0.25) is 0 Å². The third-order valence-corrected chi connectivity index (χ3v) is 4.95. The number of unbranched alkanes of at least 4 members (excludes halogenated alkanes) is 4. The molecule has 0 aromatic carbocycles. The molecule has 0 aliphatic carbocycles. The average molecular weight is 258 g/mol. The fraction of sp³-hybridized carbons (Fsp3) is 1.00. The van der Waals surface area contributed by atoms with E-state index in [1.165, 1.54) is 56.6 Å². The quantitative estimate of drug-likeness (QED) is 0.674. The fourth-order valence-corrected chi connectivity index (χ4v) is 3.94. The fourth-order valence-electron chi connectivity index (χ4n) is 2.63. The maximum absolute atomic E-state index is 3.54. The third kappa shape index (κ3) is 5.62. The van der Waals surface area contributed by atoms with Crippen molar-refractivity contribution in [1.29, 1.82) is 0 Å². The van der Waals surface area contributed by atoms with Crippen molar-refractivity contribution in [3.05, 3.63) is 0 Å². The van der Waals surface area contributed by atoms with E-state index >= 15 is 0 Å². The molecule has 1 N–H and O–H groups in total. The molecular weight excluding hydrogens is 228 g/mol. The van der Waals surface area contributed by atoms with Gasteiger partial charge < -0.3 is 10.2 Å². The minimum atomic E-state index is 0.689. The molecular formula is C14H30N2S. The predicted molar refractivity (Wildman–Crippen MR) is 80.0 cm³/mol. The first kappa shape index (κ1) is 15.3. The summed E-state index contributed by atoms with van der Waals surface area (Å²) in [7, 11) is 4.41. The molecule has 1 fully saturated rings. The van der Waals surface area contributed by atoms with E-state index in [2.05, 4.69) is 43.0 Å². The highest BCUT2D eigenvalue weighted by Crippen LogP contribution is 2.20. The number of rotatable bonds is 8. The molecule has 1 saturated heterocycles. The molecule has 2 nitrogen and oxygen atoms in total. The smallest absolute Gasteiger partial charge is 0.0337 e. The van der Waals surface area contributed by atoms with Gasteiger partial charge in [0.25, 0.3) is 0 Å². The van der Waals surface area contributed by atoms with Crippen LogP contribution in [0.5, 0.6) is 0 Å². The second kappa shape index (κ2) is 9.23. The number of nitrogens with one attached hydrogen (secondary N) is 1. The Morgan fingerprint density at radius 1 is 1.29 bits per heavy atom. The van der Waals surface area contributed by atoms with Gasteiger partial charge in [0.15, 0.2) is 0 Å². The first-order chi connectivity index (χ1) is 8.29. The van der Waals surface area contributed by atoms with E-state index in [9.17, 15) is 0 Å². The highest BCUT2D eigenvalue weighted by Gasteiger charge is 2.26. The van der Waals surface area contributed by atoms with E-state index in [4.69, 9.17) is 0 Å². The van der Waals surface area contributed by atoms with Crippen LogP contribution in [0.1, 0.15) is 45.4 Å². The molecule has 0 spiro atoms. The molecule has 17 heavy (non-hydrogen) atoms. The monoisotopic (exact) mass is 258 g/mol. The lowest BCUT2D eigenvalue weighted by molar-refractivity contribution is 0.211. The summed E-state index contributed by atoms with van der Waals surface area (Å²) in [5.74, 6) is 2.61. The van der Waals surface area contributed by atoms with E-state index in [0.717, 1.165) is 6.04 Å². The molecule has 2 unspecified atom stereocenters. The van der Waals surface area contributed by atoms with E-state index in [1.54, 1.807) is 0 Å². The van der Waals surface area contributed by atoms with Crippen LogP contribution < -0.4 is 5.32 Å². The summed E-state index contributed by atoms with van der Waals surface area (Å²) in [6, 6.07) is 1.43. The van der Waals surface area contributed by atoms with Crippen LogP contribution in [0.4, 0.5) is 0 Å². The Hall–Kier alpha value is 0.270. The molecule has 1 rings (SSSR count). The zero-order valence-electron chi connectivity index (χ0n) is 11.9. The Labute approximate surface area is 112 Å². The molecule has 2 atom stereocenters. The van der Waals surface area contributed by atoms with Gasteiger partial charge in [0.05, 0.1) is 0 Å². The lowest BCUT2D eigenvalue weighted by atomic mass is 10.0. The number of likely N-dealkylation sites (N-methyl/N-ethyl adjacent to an activating group) is 2. The van der Waals surface area contributed by atoms with Crippen molar-refractivity contribution in [3.8, 4) is 0 Å². The van der Waals surface area contributed by atoms with Crippen molar-refractivity contribution < 1.29 is 0 Å². The third-order valence-electron chi connectivity index (χ3n) is 3.90. The first-order valence-corrected chi connectivity index (χ1v) is 8.40. The zero-order chi connectivity index (χ0) is 12.5. The lowest BCUT2D eigenvalue weighted by Crippen LogP contribution is -2.51. The topological polar surface area (TPSA) is 15.3 Å². The van der Waals surface area contributed by atoms with Gasteiger partial charge in [-0.15, -0.1) is 0 Å². The Kier molecular flexibility index (Phi) is 8.33. The summed E-state index contributed by atoms with van der Waals surface area (Å²) < 4.78 is 0. The molecule has 0 saturated carbocycles. The van der Waals surface area contributed by atoms with Gasteiger partial charge in [-0.25, -0.2) is 0 Å². The molecule has 3 heteroatoms. The van der Waals surface area contributed by atoms with Crippen molar-refractivity contribution in [2.75, 3.05) is 32.1 Å². The van der Waals surface area contributed by atoms with Crippen LogP contribution in [0, 0.1) is 0 Å². The number of thioether (sulfide) groups is 1. The summed E-state index contributed by atoms with van der Waals surface area (Å²) in [4.78, 5) is 2.55. The van der Waals surface area contributed by atoms with Crippen LogP contribution >= 0.6 is 11.8 Å². The van der Waals surface area contributed by atoms with Crippen LogP contribution in [0.15, 0.2) is 0 Å². The van der Waals surface area contributed by atoms with E-state index in [0.29, 0.717) is 6.04 Å². The maximum Gasteiger partial charge on any atom is 0.0337 e. The molecule has 0 bridgehead atoms. The number of hydrogen-bond acceptors (Lipinski definition) is 3. The van der Waals surface area contributed by atoms with Crippen molar-refractivity contribution in [3.63, 3.8) is 0 Å². The average Bonchev–Trinajstić information content (AvgIpc) is 2.35. The van der Waals surface area contributed by atoms with Crippen LogP contribution in [0.25, 0.3) is 0 Å². The largest absolute Gasteiger partial charge is 0.315 e. The van der Waals surface area contributed by atoms with Gasteiger partial charge in [-0.1, -0.05) is 39.0 Å². The lowest BCUT2D eigenvalue weighted by Gasteiger charge is -2.37. The summed E-state index contributed by atoms with van der Waals surface area (Å²) in [5, 5.41) is 3.54. The molecule has 1 heterocycles. The van der Waals surface area contributed by atoms with Crippen molar-refractivity contribution in [2.45, 2.75) is 57.5 Å². The second-order valence-electron chi connectivity index (χ2n) is 5.22. The SMILES string of the molecule is CCCCCCCC(NC)C1CSCCN1C. The number of nitrogens with zero attached hydrogens (tertiary/aromatic N) is 1. The second-order valence-corrected chi connectivity index (χ2v) is 6.37. The first-order valence-electron chi connectivity index (χ1n) is 7.24. The van der Waals surface area contributed by atoms with Gasteiger partial charge in [0.1, 0.15) is 0 Å². The van der Waals surface area contributed by atoms with Crippen molar-refractivity contribution >= 4 is 11.8 Å². The standard InChI is InChI=1S/C14H30N2S/c1-4-5-6-7-8-9-13(15-2)14-12-17-11-10-16(14)3/h13-15H,4-12H2,1-3H3.